The fourth-order valence-corrected chi connectivity index (χ4v) is 6.86. The van der Waals surface area contributed by atoms with Crippen molar-refractivity contribution in [2.24, 2.45) is 10.8 Å². The summed E-state index contributed by atoms with van der Waals surface area (Å²) in [5, 5.41) is 2.92. The summed E-state index contributed by atoms with van der Waals surface area (Å²) in [4.78, 5) is 9.08. The van der Waals surface area contributed by atoms with Gasteiger partial charge in [-0.2, -0.15) is 0 Å². The Kier molecular flexibility index (Phi) is 8.41. The summed E-state index contributed by atoms with van der Waals surface area (Å²) >= 11 is 0. The Bertz CT molecular complexity index is 2740. The van der Waals surface area contributed by atoms with Gasteiger partial charge >= 0.3 is 0 Å². The van der Waals surface area contributed by atoms with Crippen LogP contribution in [0.1, 0.15) is 77.5 Å². The van der Waals surface area contributed by atoms with Gasteiger partial charge in [0, 0.05) is 57.2 Å². The van der Waals surface area contributed by atoms with E-state index in [1.807, 2.05) is 60.8 Å². The van der Waals surface area contributed by atoms with Crippen molar-refractivity contribution in [2.75, 3.05) is 0 Å². The second kappa shape index (κ2) is 15.7. The van der Waals surface area contributed by atoms with Gasteiger partial charge in [0.05, 0.1) is 19.9 Å². The first-order valence-corrected chi connectivity index (χ1v) is 20.9. The van der Waals surface area contributed by atoms with Gasteiger partial charge in [-0.05, 0) is 76.6 Å². The van der Waals surface area contributed by atoms with Gasteiger partial charge in [0.25, 0.3) is 0 Å². The molecule has 0 aliphatic carbocycles. The molecular formula is C47H52IrN2O2Si-2. The van der Waals surface area contributed by atoms with E-state index in [9.17, 15) is 0 Å². The van der Waals surface area contributed by atoms with Crippen molar-refractivity contribution >= 4 is 35.2 Å². The molecule has 0 bridgehead atoms. The summed E-state index contributed by atoms with van der Waals surface area (Å²) in [5.74, 6) is 0.146. The number of fused-ring (bicyclic) bond motifs is 3. The summed E-state index contributed by atoms with van der Waals surface area (Å²) < 4.78 is 95.1. The van der Waals surface area contributed by atoms with Crippen LogP contribution < -0.4 is 5.19 Å². The molecule has 4 aromatic heterocycles. The van der Waals surface area contributed by atoms with E-state index >= 15 is 0 Å². The van der Waals surface area contributed by atoms with Crippen molar-refractivity contribution in [3.63, 3.8) is 0 Å². The van der Waals surface area contributed by atoms with Crippen molar-refractivity contribution in [3.05, 3.63) is 126 Å². The Morgan fingerprint density at radius 3 is 2.21 bits per heavy atom. The van der Waals surface area contributed by atoms with Crippen LogP contribution in [0.4, 0.5) is 0 Å². The van der Waals surface area contributed by atoms with E-state index in [0.29, 0.717) is 28.1 Å². The van der Waals surface area contributed by atoms with Crippen molar-refractivity contribution in [1.29, 1.82) is 0 Å². The first kappa shape index (κ1) is 28.4. The summed E-state index contributed by atoms with van der Waals surface area (Å²) in [6.45, 7) is 12.0. The van der Waals surface area contributed by atoms with Crippen LogP contribution in [0, 0.1) is 36.7 Å². The second-order valence-electron chi connectivity index (χ2n) is 16.1. The molecule has 0 saturated carbocycles. The van der Waals surface area contributed by atoms with Gasteiger partial charge in [-0.3, -0.25) is 0 Å². The fourth-order valence-electron chi connectivity index (χ4n) is 5.84. The molecule has 0 N–H and O–H groups in total. The van der Waals surface area contributed by atoms with Crippen LogP contribution in [-0.4, -0.2) is 18.0 Å². The minimum Gasteiger partial charge on any atom is -0.501 e. The maximum absolute atomic E-state index is 8.72. The van der Waals surface area contributed by atoms with Crippen LogP contribution in [0.2, 0.25) is 19.6 Å². The van der Waals surface area contributed by atoms with E-state index < -0.39 is 45.4 Å². The number of hydrogen-bond donors (Lipinski definition) is 0. The van der Waals surface area contributed by atoms with Crippen LogP contribution in [0.3, 0.4) is 0 Å². The number of furan rings is 2. The second-order valence-corrected chi connectivity index (χ2v) is 21.1. The molecule has 0 fully saturated rings. The number of aryl methyl sites for hydroxylation is 1. The normalized spacial score (nSPS) is 15.9. The molecule has 3 aromatic carbocycles. The van der Waals surface area contributed by atoms with Gasteiger partial charge in [-0.15, -0.1) is 54.1 Å². The molecule has 0 unspecified atom stereocenters. The maximum Gasteiger partial charge on any atom is 0.129 e. The van der Waals surface area contributed by atoms with Gasteiger partial charge in [0.15, 0.2) is 0 Å². The van der Waals surface area contributed by atoms with E-state index in [4.69, 9.17) is 27.5 Å². The molecule has 4 nitrogen and oxygen atoms in total. The number of benzene rings is 3. The molecule has 4 heterocycles. The van der Waals surface area contributed by atoms with Crippen molar-refractivity contribution in [2.45, 2.75) is 87.6 Å². The number of para-hydroxylation sites is 1. The quantitative estimate of drug-likeness (QED) is 0.123. The van der Waals surface area contributed by atoms with Gasteiger partial charge in [-0.25, -0.2) is 0 Å². The molecule has 7 rings (SSSR count). The van der Waals surface area contributed by atoms with E-state index in [1.54, 1.807) is 53.7 Å². The Morgan fingerprint density at radius 2 is 1.53 bits per heavy atom. The topological polar surface area (TPSA) is 52.1 Å². The molecule has 0 aliphatic rings. The minimum absolute atomic E-state index is 0. The maximum atomic E-state index is 8.72. The first-order chi connectivity index (χ1) is 28.5. The molecule has 53 heavy (non-hydrogen) atoms. The zero-order valence-corrected chi connectivity index (χ0v) is 35.1. The van der Waals surface area contributed by atoms with Crippen molar-refractivity contribution in [3.8, 4) is 33.8 Å². The Hall–Kier alpha value is -4.09. The van der Waals surface area contributed by atoms with Gasteiger partial charge in [0.2, 0.25) is 0 Å². The molecule has 0 atom stereocenters. The number of pyridine rings is 2. The van der Waals surface area contributed by atoms with Crippen LogP contribution in [0.5, 0.6) is 0 Å². The van der Waals surface area contributed by atoms with Crippen molar-refractivity contribution in [1.82, 2.24) is 9.97 Å². The zero-order valence-electron chi connectivity index (χ0n) is 41.7. The third-order valence-electron chi connectivity index (χ3n) is 8.27. The van der Waals surface area contributed by atoms with Crippen LogP contribution in [0.15, 0.2) is 100 Å². The third kappa shape index (κ3) is 9.35. The van der Waals surface area contributed by atoms with E-state index in [0.717, 1.165) is 27.1 Å². The average molecular weight is 907 g/mol. The molecule has 1 radical (unpaired) electrons. The number of aromatic nitrogens is 2. The molecule has 0 aliphatic heterocycles. The van der Waals surface area contributed by atoms with Gasteiger partial charge in [-0.1, -0.05) is 108 Å². The van der Waals surface area contributed by atoms with E-state index in [-0.39, 0.29) is 48.1 Å². The summed E-state index contributed by atoms with van der Waals surface area (Å²) in [5.41, 5.74) is 2.51. The monoisotopic (exact) mass is 907 g/mol. The smallest absolute Gasteiger partial charge is 0.129 e. The fraction of sp³-hybridized carbons (Fsp3) is 0.319. The van der Waals surface area contributed by atoms with Gasteiger partial charge < -0.3 is 18.8 Å². The van der Waals surface area contributed by atoms with Crippen molar-refractivity contribution < 1.29 is 42.6 Å². The third-order valence-corrected chi connectivity index (χ3v) is 10.3. The average Bonchev–Trinajstić information content (AvgIpc) is 3.80. The standard InChI is InChI=1S/C24H30NOSi.C23H22NO.Ir/c1-17-19(14-24(2,3)4)16-26-23(17)21-13-20(27(5,6)7)15-25-22(21)18-11-9-8-10-12-18;1-15-14-24-20(12-16(15)13-23(2,3)4)19-10-7-9-18-17-8-5-6-11-21(17)25-22(18)19;/h8-11,13,15-16H,14H2,1-7H3;5-9,11-12,14H,13H2,1-4H3;/q2*-1;/i1D3,14D2;1D3,13D2;. The number of rotatable bonds is 6. The molecule has 277 valence electrons. The summed E-state index contributed by atoms with van der Waals surface area (Å²) in [6.07, 6.45) is 0.565. The molecular weight excluding hydrogens is 845 g/mol. The number of nitrogens with zero attached hydrogens (tertiary/aromatic N) is 2. The van der Waals surface area contributed by atoms with E-state index in [2.05, 4.69) is 36.8 Å². The Morgan fingerprint density at radius 1 is 0.792 bits per heavy atom. The van der Waals surface area contributed by atoms with Crippen LogP contribution >= 0.6 is 0 Å². The predicted molar refractivity (Wildman–Crippen MR) is 221 cm³/mol. The molecule has 0 saturated heterocycles. The predicted octanol–water partition coefficient (Wildman–Crippen LogP) is 12.6. The molecule has 6 heteroatoms. The zero-order chi connectivity index (χ0) is 46.0. The molecule has 0 spiro atoms. The Labute approximate surface area is 344 Å². The Balaban J connectivity index is 0.000000234. The minimum atomic E-state index is -2.57. The SMILES string of the molecule is [2H]C([2H])([2H])c1c(C([2H])([2H])C(C)(C)C)coc1-c1cc([Si](C)(C)C)cnc1-c1[c-]cccc1.[2H]C([2H])([2H])c1cnc(-c2[c-]ccc3c2oc2ccccc23)cc1C([2H])([2H])C(C)(C)C.[Ir]. The summed E-state index contributed by atoms with van der Waals surface area (Å²) in [7, 11) is -1.77. The largest absolute Gasteiger partial charge is 0.501 e. The van der Waals surface area contributed by atoms with E-state index in [1.165, 1.54) is 18.5 Å². The van der Waals surface area contributed by atoms with Gasteiger partial charge in [0.1, 0.15) is 11.3 Å². The van der Waals surface area contributed by atoms with Crippen LogP contribution in [0.25, 0.3) is 55.8 Å². The molecule has 7 aromatic rings. The summed E-state index contributed by atoms with van der Waals surface area (Å²) in [6, 6.07) is 28.6. The molecule has 0 amide bonds. The van der Waals surface area contributed by atoms with Crippen LogP contribution in [-0.2, 0) is 32.9 Å². The number of hydrogen-bond acceptors (Lipinski definition) is 4. The first-order valence-electron chi connectivity index (χ1n) is 22.4.